The van der Waals surface area contributed by atoms with E-state index in [1.54, 1.807) is 22.9 Å². The van der Waals surface area contributed by atoms with Crippen LogP contribution in [-0.2, 0) is 21.5 Å². The maximum absolute atomic E-state index is 14.4. The summed E-state index contributed by atoms with van der Waals surface area (Å²) in [6.07, 6.45) is 0. The van der Waals surface area contributed by atoms with Crippen LogP contribution in [0, 0.1) is 18.6 Å². The third kappa shape index (κ3) is 6.05. The van der Waals surface area contributed by atoms with E-state index in [0.29, 0.717) is 5.82 Å². The topological polar surface area (TPSA) is 67.2 Å². The van der Waals surface area contributed by atoms with Crippen molar-refractivity contribution in [3.8, 4) is 5.69 Å². The first kappa shape index (κ1) is 28.5. The highest BCUT2D eigenvalue weighted by atomic mass is 32.2. The van der Waals surface area contributed by atoms with Crippen LogP contribution in [0.1, 0.15) is 54.0 Å². The molecule has 1 aliphatic heterocycles. The molecule has 0 saturated heterocycles. The molecular weight excluding hydrogens is 542 g/mol. The Morgan fingerprint density at radius 1 is 1.02 bits per heavy atom. The van der Waals surface area contributed by atoms with Gasteiger partial charge in [0.15, 0.2) is 0 Å². The fraction of sp³-hybridized carbons (Fsp3) is 0.281. The van der Waals surface area contributed by atoms with E-state index in [9.17, 15) is 18.4 Å². The van der Waals surface area contributed by atoms with Crippen LogP contribution in [-0.4, -0.2) is 33.9 Å². The van der Waals surface area contributed by atoms with Gasteiger partial charge in [-0.15, -0.1) is 11.8 Å². The van der Waals surface area contributed by atoms with Crippen molar-refractivity contribution in [1.29, 1.82) is 0 Å². The number of aryl methyl sites for hydroxylation is 1. The zero-order chi connectivity index (χ0) is 29.3. The molecule has 212 valence electrons. The van der Waals surface area contributed by atoms with Gasteiger partial charge in [-0.3, -0.25) is 14.5 Å². The number of carbonyl (C=O) groups excluding carboxylic acids is 2. The number of rotatable bonds is 6. The number of hydrogen-bond acceptors (Lipinski definition) is 4. The van der Waals surface area contributed by atoms with Crippen molar-refractivity contribution in [1.82, 2.24) is 15.1 Å². The number of fused-ring (bicyclic) bond motifs is 1. The number of nitrogens with zero attached hydrogens (tertiary/aromatic N) is 3. The number of aromatic nitrogens is 2. The van der Waals surface area contributed by atoms with E-state index < -0.39 is 5.41 Å². The van der Waals surface area contributed by atoms with Gasteiger partial charge in [0, 0.05) is 17.5 Å². The van der Waals surface area contributed by atoms with Gasteiger partial charge in [-0.25, -0.2) is 13.5 Å². The number of carbonyl (C=O) groups is 2. The van der Waals surface area contributed by atoms with E-state index >= 15 is 0 Å². The Balaban J connectivity index is 1.64. The highest BCUT2D eigenvalue weighted by molar-refractivity contribution is 8.00. The molecule has 0 bridgehead atoms. The van der Waals surface area contributed by atoms with Crippen molar-refractivity contribution in [2.75, 3.05) is 17.2 Å². The third-order valence-electron chi connectivity index (χ3n) is 7.00. The van der Waals surface area contributed by atoms with Gasteiger partial charge >= 0.3 is 0 Å². The molecule has 1 aliphatic rings. The number of thioether (sulfide) groups is 1. The van der Waals surface area contributed by atoms with Crippen LogP contribution in [0.3, 0.4) is 0 Å². The van der Waals surface area contributed by atoms with Gasteiger partial charge in [0.25, 0.3) is 0 Å². The normalized spacial score (nSPS) is 15.4. The molecule has 2 amide bonds. The number of hydrogen-bond donors (Lipinski definition) is 1. The van der Waals surface area contributed by atoms with Gasteiger partial charge in [0.2, 0.25) is 11.8 Å². The van der Waals surface area contributed by atoms with Crippen molar-refractivity contribution < 1.29 is 18.4 Å². The fourth-order valence-corrected chi connectivity index (χ4v) is 6.17. The summed E-state index contributed by atoms with van der Waals surface area (Å²) in [7, 11) is 0. The van der Waals surface area contributed by atoms with Crippen LogP contribution in [0.25, 0.3) is 5.69 Å². The van der Waals surface area contributed by atoms with E-state index in [1.165, 1.54) is 40.9 Å². The van der Waals surface area contributed by atoms with Crippen molar-refractivity contribution in [2.24, 2.45) is 0 Å². The predicted molar refractivity (Wildman–Crippen MR) is 158 cm³/mol. The van der Waals surface area contributed by atoms with E-state index in [-0.39, 0.29) is 47.5 Å². The van der Waals surface area contributed by atoms with Crippen molar-refractivity contribution in [3.05, 3.63) is 112 Å². The van der Waals surface area contributed by atoms with Crippen LogP contribution in [0.2, 0.25) is 0 Å². The average molecular weight is 575 g/mol. The van der Waals surface area contributed by atoms with Crippen LogP contribution in [0.5, 0.6) is 0 Å². The quantitative estimate of drug-likeness (QED) is 0.296. The SMILES string of the molecule is Cc1ccccc1-n1nc(C(C)(C)C)c2c1N(CC(=O)NCc1ccc(F)cc1)C(=O)CSC2c1cccc(F)c1. The molecule has 6 nitrogen and oxygen atoms in total. The second kappa shape index (κ2) is 11.5. The summed E-state index contributed by atoms with van der Waals surface area (Å²) in [4.78, 5) is 28.5. The lowest BCUT2D eigenvalue weighted by Crippen LogP contribution is -2.42. The molecule has 3 aromatic carbocycles. The maximum atomic E-state index is 14.4. The van der Waals surface area contributed by atoms with Crippen LogP contribution >= 0.6 is 11.8 Å². The van der Waals surface area contributed by atoms with Gasteiger partial charge in [-0.05, 0) is 53.9 Å². The highest BCUT2D eigenvalue weighted by Crippen LogP contribution is 2.48. The lowest BCUT2D eigenvalue weighted by molar-refractivity contribution is -0.123. The number of benzene rings is 3. The minimum Gasteiger partial charge on any atom is -0.350 e. The summed E-state index contributed by atoms with van der Waals surface area (Å²) < 4.78 is 29.5. The molecule has 5 rings (SSSR count). The van der Waals surface area contributed by atoms with Gasteiger partial charge < -0.3 is 5.32 Å². The standard InChI is InChI=1S/C32H32F2N4O2S/c1-20-8-5-6-11-25(20)38-31-28(30(36-38)32(2,3)4)29(22-9-7-10-24(34)16-22)41-19-27(40)37(31)18-26(39)35-17-21-12-14-23(33)15-13-21/h5-16,29H,17-19H2,1-4H3,(H,35,39). The lowest BCUT2D eigenvalue weighted by atomic mass is 9.87. The van der Waals surface area contributed by atoms with Crippen LogP contribution in [0.4, 0.5) is 14.6 Å². The number of nitrogens with one attached hydrogen (secondary N) is 1. The Bertz CT molecular complexity index is 1590. The molecule has 4 aromatic rings. The van der Waals surface area contributed by atoms with Crippen molar-refractivity contribution >= 4 is 29.4 Å². The number of para-hydroxylation sites is 1. The van der Waals surface area contributed by atoms with Gasteiger partial charge in [0.05, 0.1) is 22.4 Å². The van der Waals surface area contributed by atoms with Crippen LogP contribution < -0.4 is 10.2 Å². The Labute approximate surface area is 242 Å². The molecule has 1 N–H and O–H groups in total. The summed E-state index contributed by atoms with van der Waals surface area (Å²) in [5.74, 6) is -0.725. The molecular formula is C32H32F2N4O2S. The Hall–Kier alpha value is -3.98. The summed E-state index contributed by atoms with van der Waals surface area (Å²) in [5, 5.41) is 7.55. The molecule has 1 atom stereocenters. The zero-order valence-corrected chi connectivity index (χ0v) is 24.3. The third-order valence-corrected chi connectivity index (χ3v) is 8.25. The van der Waals surface area contributed by atoms with Crippen molar-refractivity contribution in [3.63, 3.8) is 0 Å². The Kier molecular flexibility index (Phi) is 8.00. The first-order valence-electron chi connectivity index (χ1n) is 13.4. The molecule has 9 heteroatoms. The molecule has 2 heterocycles. The molecule has 0 radical (unpaired) electrons. The number of amides is 2. The maximum Gasteiger partial charge on any atom is 0.240 e. The van der Waals surface area contributed by atoms with E-state index in [1.807, 2.05) is 37.3 Å². The van der Waals surface area contributed by atoms with E-state index in [0.717, 1.165) is 33.6 Å². The molecule has 0 aliphatic carbocycles. The predicted octanol–water partition coefficient (Wildman–Crippen LogP) is 6.24. The molecule has 0 fully saturated rings. The van der Waals surface area contributed by atoms with E-state index in [4.69, 9.17) is 5.10 Å². The van der Waals surface area contributed by atoms with Gasteiger partial charge in [-0.2, -0.15) is 5.10 Å². The van der Waals surface area contributed by atoms with E-state index in [2.05, 4.69) is 26.1 Å². The van der Waals surface area contributed by atoms with Crippen molar-refractivity contribution in [2.45, 2.75) is 44.9 Å². The molecule has 0 spiro atoms. The average Bonchev–Trinajstić information content (AvgIpc) is 3.26. The van der Waals surface area contributed by atoms with Gasteiger partial charge in [0.1, 0.15) is 24.0 Å². The lowest BCUT2D eigenvalue weighted by Gasteiger charge is -2.25. The summed E-state index contributed by atoms with van der Waals surface area (Å²) in [6.45, 7) is 8.09. The largest absolute Gasteiger partial charge is 0.350 e. The van der Waals surface area contributed by atoms with Crippen LogP contribution in [0.15, 0.2) is 72.8 Å². The number of halogens is 2. The summed E-state index contributed by atoms with van der Waals surface area (Å²) in [5.41, 5.74) is 4.33. The molecule has 0 saturated carbocycles. The highest BCUT2D eigenvalue weighted by Gasteiger charge is 2.40. The zero-order valence-electron chi connectivity index (χ0n) is 23.4. The first-order chi connectivity index (χ1) is 19.5. The molecule has 41 heavy (non-hydrogen) atoms. The monoisotopic (exact) mass is 574 g/mol. The first-order valence-corrected chi connectivity index (χ1v) is 14.5. The second-order valence-electron chi connectivity index (χ2n) is 11.2. The summed E-state index contributed by atoms with van der Waals surface area (Å²) in [6, 6.07) is 20.0. The fourth-order valence-electron chi connectivity index (χ4n) is 4.98. The Morgan fingerprint density at radius 3 is 2.44 bits per heavy atom. The van der Waals surface area contributed by atoms with Gasteiger partial charge in [-0.1, -0.05) is 63.2 Å². The number of anilines is 1. The smallest absolute Gasteiger partial charge is 0.240 e. The minimum absolute atomic E-state index is 0.0957. The summed E-state index contributed by atoms with van der Waals surface area (Å²) >= 11 is 1.40. The molecule has 1 unspecified atom stereocenters. The molecule has 1 aromatic heterocycles. The minimum atomic E-state index is -0.423. The Morgan fingerprint density at radius 2 is 1.76 bits per heavy atom. The second-order valence-corrected chi connectivity index (χ2v) is 12.3.